The number of carbonyl (C=O) groups excluding carboxylic acids is 2. The van der Waals surface area contributed by atoms with Crippen LogP contribution in [0.4, 0.5) is 14.7 Å². The van der Waals surface area contributed by atoms with E-state index < -0.39 is 12.5 Å². The number of amides is 2. The molecule has 1 heterocycles. The number of aromatic nitrogens is 3. The smallest absolute Gasteiger partial charge is 0.387 e. The standard InChI is InChI=1S/C21H19F2N5O3/c22-20(23)31-17-9-5-4-8-16(17)10-11-18(29)26-21-25-14-28(27-21)13-19(30)24-12-15-6-2-1-3-7-15/h1-11,14,20H,12-13H2,(H,24,30)(H,26,27,29). The van der Waals surface area contributed by atoms with E-state index in [0.29, 0.717) is 12.1 Å². The molecule has 3 rings (SSSR count). The molecule has 2 N–H and O–H groups in total. The van der Waals surface area contributed by atoms with Crippen LogP contribution in [-0.4, -0.2) is 33.2 Å². The Morgan fingerprint density at radius 3 is 2.61 bits per heavy atom. The van der Waals surface area contributed by atoms with Crippen molar-refractivity contribution in [2.24, 2.45) is 0 Å². The van der Waals surface area contributed by atoms with Crippen molar-refractivity contribution in [3.8, 4) is 5.75 Å². The highest BCUT2D eigenvalue weighted by Crippen LogP contribution is 2.21. The van der Waals surface area contributed by atoms with E-state index in [9.17, 15) is 18.4 Å². The molecule has 8 nitrogen and oxygen atoms in total. The van der Waals surface area contributed by atoms with Gasteiger partial charge in [-0.2, -0.15) is 8.78 Å². The van der Waals surface area contributed by atoms with Crippen molar-refractivity contribution in [1.29, 1.82) is 0 Å². The first-order valence-corrected chi connectivity index (χ1v) is 9.22. The zero-order valence-electron chi connectivity index (χ0n) is 16.2. The summed E-state index contributed by atoms with van der Waals surface area (Å²) in [5, 5.41) is 9.21. The van der Waals surface area contributed by atoms with Gasteiger partial charge in [-0.15, -0.1) is 5.10 Å². The summed E-state index contributed by atoms with van der Waals surface area (Å²) in [6.45, 7) is -2.65. The van der Waals surface area contributed by atoms with Crippen molar-refractivity contribution in [3.63, 3.8) is 0 Å². The van der Waals surface area contributed by atoms with Crippen molar-refractivity contribution in [3.05, 3.63) is 78.1 Å². The number of nitrogens with zero attached hydrogens (tertiary/aromatic N) is 3. The summed E-state index contributed by atoms with van der Waals surface area (Å²) in [5.74, 6) is -0.881. The Labute approximate surface area is 176 Å². The monoisotopic (exact) mass is 427 g/mol. The highest BCUT2D eigenvalue weighted by Gasteiger charge is 2.09. The second kappa shape index (κ2) is 10.6. The van der Waals surface area contributed by atoms with E-state index in [1.54, 1.807) is 12.1 Å². The Hall–Kier alpha value is -4.08. The molecule has 0 aliphatic carbocycles. The van der Waals surface area contributed by atoms with Gasteiger partial charge in [0.2, 0.25) is 11.9 Å². The summed E-state index contributed by atoms with van der Waals surface area (Å²) >= 11 is 0. The Kier molecular flexibility index (Phi) is 7.41. The maximum Gasteiger partial charge on any atom is 0.387 e. The highest BCUT2D eigenvalue weighted by atomic mass is 19.3. The van der Waals surface area contributed by atoms with Crippen LogP contribution in [0, 0.1) is 0 Å². The summed E-state index contributed by atoms with van der Waals surface area (Å²) in [6.07, 6.45) is 3.79. The number of nitrogens with one attached hydrogen (secondary N) is 2. The van der Waals surface area contributed by atoms with Crippen LogP contribution in [0.5, 0.6) is 5.75 Å². The summed E-state index contributed by atoms with van der Waals surface area (Å²) < 4.78 is 30.6. The molecule has 2 aromatic carbocycles. The van der Waals surface area contributed by atoms with Crippen molar-refractivity contribution in [2.45, 2.75) is 19.7 Å². The lowest BCUT2D eigenvalue weighted by atomic mass is 10.2. The minimum absolute atomic E-state index is 0.00243. The third-order valence-corrected chi connectivity index (χ3v) is 3.96. The van der Waals surface area contributed by atoms with Gasteiger partial charge in [-0.25, -0.2) is 9.67 Å². The Bertz CT molecular complexity index is 1050. The lowest BCUT2D eigenvalue weighted by Crippen LogP contribution is -2.27. The summed E-state index contributed by atoms with van der Waals surface area (Å²) in [6, 6.07) is 15.5. The first-order chi connectivity index (χ1) is 15.0. The molecular formula is C21H19F2N5O3. The van der Waals surface area contributed by atoms with Crippen LogP contribution in [0.15, 0.2) is 67.0 Å². The largest absolute Gasteiger partial charge is 0.434 e. The number of rotatable bonds is 9. The number of halogens is 2. The van der Waals surface area contributed by atoms with Gasteiger partial charge < -0.3 is 10.1 Å². The van der Waals surface area contributed by atoms with Gasteiger partial charge in [0.15, 0.2) is 0 Å². The molecule has 3 aromatic rings. The molecular weight excluding hydrogens is 408 g/mol. The van der Waals surface area contributed by atoms with Gasteiger partial charge in [0.05, 0.1) is 0 Å². The number of hydrogen-bond acceptors (Lipinski definition) is 5. The first kappa shape index (κ1) is 21.6. The molecule has 0 saturated carbocycles. The minimum atomic E-state index is -2.97. The molecule has 0 bridgehead atoms. The fourth-order valence-electron chi connectivity index (χ4n) is 2.57. The molecule has 31 heavy (non-hydrogen) atoms. The second-order valence-electron chi connectivity index (χ2n) is 6.27. The van der Waals surface area contributed by atoms with Crippen molar-refractivity contribution in [1.82, 2.24) is 20.1 Å². The predicted molar refractivity (Wildman–Crippen MR) is 109 cm³/mol. The van der Waals surface area contributed by atoms with Gasteiger partial charge in [-0.05, 0) is 17.7 Å². The molecule has 1 aromatic heterocycles. The maximum absolute atomic E-state index is 12.4. The quantitative estimate of drug-likeness (QED) is 0.512. The second-order valence-corrected chi connectivity index (χ2v) is 6.27. The average molecular weight is 427 g/mol. The van der Waals surface area contributed by atoms with Gasteiger partial charge in [0.25, 0.3) is 5.91 Å². The number of carbonyl (C=O) groups is 2. The Morgan fingerprint density at radius 2 is 1.84 bits per heavy atom. The number of benzene rings is 2. The third kappa shape index (κ3) is 7.03. The van der Waals surface area contributed by atoms with Gasteiger partial charge in [-0.1, -0.05) is 48.5 Å². The van der Waals surface area contributed by atoms with Gasteiger partial charge >= 0.3 is 6.61 Å². The average Bonchev–Trinajstić information content (AvgIpc) is 3.18. The van der Waals surface area contributed by atoms with E-state index in [2.05, 4.69) is 25.5 Å². The molecule has 0 radical (unpaired) electrons. The molecule has 2 amide bonds. The highest BCUT2D eigenvalue weighted by molar-refractivity contribution is 6.01. The third-order valence-electron chi connectivity index (χ3n) is 3.96. The van der Waals surface area contributed by atoms with Crippen molar-refractivity contribution >= 4 is 23.8 Å². The molecule has 10 heteroatoms. The Balaban J connectivity index is 1.51. The molecule has 0 spiro atoms. The van der Waals surface area contributed by atoms with Crippen LogP contribution >= 0.6 is 0 Å². The normalized spacial score (nSPS) is 10.9. The van der Waals surface area contributed by atoms with Gasteiger partial charge in [0.1, 0.15) is 18.6 Å². The van der Waals surface area contributed by atoms with E-state index in [-0.39, 0.29) is 24.1 Å². The van der Waals surface area contributed by atoms with Crippen LogP contribution in [0.1, 0.15) is 11.1 Å². The molecule has 0 aliphatic heterocycles. The first-order valence-electron chi connectivity index (χ1n) is 9.22. The zero-order valence-corrected chi connectivity index (χ0v) is 16.2. The zero-order chi connectivity index (χ0) is 22.1. The molecule has 160 valence electrons. The molecule has 0 atom stereocenters. The van der Waals surface area contributed by atoms with Crippen LogP contribution in [0.2, 0.25) is 0 Å². The Morgan fingerprint density at radius 1 is 1.10 bits per heavy atom. The number of hydrogen-bond donors (Lipinski definition) is 2. The van der Waals surface area contributed by atoms with E-state index in [4.69, 9.17) is 0 Å². The van der Waals surface area contributed by atoms with E-state index in [1.165, 1.54) is 29.2 Å². The maximum atomic E-state index is 12.4. The van der Waals surface area contributed by atoms with Crippen molar-refractivity contribution < 1.29 is 23.1 Å². The van der Waals surface area contributed by atoms with E-state index >= 15 is 0 Å². The molecule has 0 saturated heterocycles. The molecule has 0 fully saturated rings. The van der Waals surface area contributed by atoms with Crippen molar-refractivity contribution in [2.75, 3.05) is 5.32 Å². The van der Waals surface area contributed by atoms with Crippen LogP contribution in [0.3, 0.4) is 0 Å². The topological polar surface area (TPSA) is 98.1 Å². The van der Waals surface area contributed by atoms with Crippen LogP contribution in [-0.2, 0) is 22.7 Å². The van der Waals surface area contributed by atoms with Crippen LogP contribution < -0.4 is 15.4 Å². The lowest BCUT2D eigenvalue weighted by Gasteiger charge is -2.07. The SMILES string of the molecule is O=C(C=Cc1ccccc1OC(F)F)Nc1ncn(CC(=O)NCc2ccccc2)n1. The number of anilines is 1. The predicted octanol–water partition coefficient (Wildman–Crippen LogP) is 2.85. The number of ether oxygens (including phenoxy) is 1. The lowest BCUT2D eigenvalue weighted by molar-refractivity contribution is -0.122. The summed E-state index contributed by atoms with van der Waals surface area (Å²) in [4.78, 5) is 28.0. The number of alkyl halides is 2. The minimum Gasteiger partial charge on any atom is -0.434 e. The molecule has 0 aliphatic rings. The van der Waals surface area contributed by atoms with Gasteiger partial charge in [0, 0.05) is 18.2 Å². The summed E-state index contributed by atoms with van der Waals surface area (Å²) in [5.41, 5.74) is 1.28. The van der Waals surface area contributed by atoms with Gasteiger partial charge in [-0.3, -0.25) is 14.9 Å². The summed E-state index contributed by atoms with van der Waals surface area (Å²) in [7, 11) is 0. The number of para-hydroxylation sites is 1. The van der Waals surface area contributed by atoms with E-state index in [1.807, 2.05) is 30.3 Å². The molecule has 0 unspecified atom stereocenters. The van der Waals surface area contributed by atoms with E-state index in [0.717, 1.165) is 11.6 Å². The fourth-order valence-corrected chi connectivity index (χ4v) is 2.57. The van der Waals surface area contributed by atoms with Crippen LogP contribution in [0.25, 0.3) is 6.08 Å². The fraction of sp³-hybridized carbons (Fsp3) is 0.143.